The minimum atomic E-state index is 0.411. The summed E-state index contributed by atoms with van der Waals surface area (Å²) in [5, 5.41) is 3.37. The zero-order valence-electron chi connectivity index (χ0n) is 10.7. The summed E-state index contributed by atoms with van der Waals surface area (Å²) in [6, 6.07) is 5.45. The van der Waals surface area contributed by atoms with Gasteiger partial charge in [0.1, 0.15) is 12.2 Å². The zero-order chi connectivity index (χ0) is 13.9. The third-order valence-corrected chi connectivity index (χ3v) is 5.03. The van der Waals surface area contributed by atoms with Crippen LogP contribution in [0, 0.1) is 0 Å². The van der Waals surface area contributed by atoms with Gasteiger partial charge >= 0.3 is 0 Å². The van der Waals surface area contributed by atoms with Gasteiger partial charge in [0.15, 0.2) is 5.88 Å². The molecule has 0 aliphatic carbocycles. The van der Waals surface area contributed by atoms with E-state index in [1.165, 1.54) is 5.70 Å². The van der Waals surface area contributed by atoms with E-state index in [-0.39, 0.29) is 0 Å². The van der Waals surface area contributed by atoms with Gasteiger partial charge in [0, 0.05) is 27.9 Å². The monoisotopic (exact) mass is 319 g/mol. The molecule has 0 saturated heterocycles. The minimum Gasteiger partial charge on any atom is -0.371 e. The lowest BCUT2D eigenvalue weighted by molar-refractivity contribution is -0.889. The molecule has 1 aromatic carbocycles. The number of allylic oxidation sites excluding steroid dienone is 1. The molecule has 1 unspecified atom stereocenters. The maximum atomic E-state index is 6.26. The van der Waals surface area contributed by atoms with Gasteiger partial charge in [0.25, 0.3) is 0 Å². The zero-order valence-corrected chi connectivity index (χ0v) is 13.1. The van der Waals surface area contributed by atoms with Crippen molar-refractivity contribution in [3.05, 3.63) is 44.9 Å². The van der Waals surface area contributed by atoms with E-state index in [4.69, 9.17) is 33.8 Å². The Bertz CT molecular complexity index is 475. The number of halogens is 2. The third kappa shape index (κ3) is 3.66. The van der Waals surface area contributed by atoms with Gasteiger partial charge in [-0.25, -0.2) is 4.59 Å². The van der Waals surface area contributed by atoms with Crippen LogP contribution in [-0.2, 0) is 11.3 Å². The highest BCUT2D eigenvalue weighted by Crippen LogP contribution is 2.27. The van der Waals surface area contributed by atoms with E-state index in [0.717, 1.165) is 18.0 Å². The number of hydrogen-bond acceptors (Lipinski definition) is 3. The number of nitrogens with zero attached hydrogens (tertiary/aromatic N) is 1. The summed E-state index contributed by atoms with van der Waals surface area (Å²) in [7, 11) is 0. The van der Waals surface area contributed by atoms with Crippen molar-refractivity contribution in [2.45, 2.75) is 13.5 Å². The summed E-state index contributed by atoms with van der Waals surface area (Å²) in [6.45, 7) is 3.78. The first-order valence-electron chi connectivity index (χ1n) is 5.98. The molecule has 2 rings (SSSR count). The normalized spacial score (nSPS) is 22.6. The number of rotatable bonds is 5. The maximum Gasteiger partial charge on any atom is 0.151 e. The van der Waals surface area contributed by atoms with Crippen LogP contribution in [0.15, 0.2) is 29.3 Å². The summed E-state index contributed by atoms with van der Waals surface area (Å²) >= 11 is 13.9. The number of hydrogen-bond donors (Lipinski definition) is 1. The van der Waals surface area contributed by atoms with Crippen LogP contribution in [0.2, 0.25) is 10.0 Å². The van der Waals surface area contributed by atoms with Crippen LogP contribution in [0.5, 0.6) is 0 Å². The first-order valence-corrected chi connectivity index (χ1v) is 7.78. The smallest absolute Gasteiger partial charge is 0.151 e. The van der Waals surface area contributed by atoms with Crippen molar-refractivity contribution in [1.29, 1.82) is 0 Å². The molecule has 19 heavy (non-hydrogen) atoms. The Morgan fingerprint density at radius 2 is 2.05 bits per heavy atom. The fourth-order valence-corrected chi connectivity index (χ4v) is 3.44. The predicted octanol–water partition coefficient (Wildman–Crippen LogP) is 3.77. The number of thioether (sulfide) groups is 1. The van der Waals surface area contributed by atoms with E-state index in [1.807, 2.05) is 25.1 Å². The molecule has 0 spiro atoms. The van der Waals surface area contributed by atoms with Crippen molar-refractivity contribution < 1.29 is 9.33 Å². The molecule has 1 atom stereocenters. The van der Waals surface area contributed by atoms with Crippen LogP contribution in [0.3, 0.4) is 0 Å². The summed E-state index contributed by atoms with van der Waals surface area (Å²) in [5.74, 6) is 7.12. The fraction of sp³-hybridized carbons (Fsp3) is 0.385. The van der Waals surface area contributed by atoms with Crippen LogP contribution in [0.4, 0.5) is 0 Å². The van der Waals surface area contributed by atoms with Gasteiger partial charge < -0.3 is 4.74 Å². The summed E-state index contributed by atoms with van der Waals surface area (Å²) in [6.07, 6.45) is 0. The lowest BCUT2D eigenvalue weighted by atomic mass is 10.2. The Morgan fingerprint density at radius 1 is 1.37 bits per heavy atom. The highest BCUT2D eigenvalue weighted by Gasteiger charge is 2.30. The molecule has 1 aromatic rings. The van der Waals surface area contributed by atoms with Crippen molar-refractivity contribution in [3.63, 3.8) is 0 Å². The van der Waals surface area contributed by atoms with Crippen LogP contribution < -0.4 is 5.84 Å². The molecule has 6 heteroatoms. The Balaban J connectivity index is 1.83. The molecule has 1 aliphatic heterocycles. The van der Waals surface area contributed by atoms with Crippen molar-refractivity contribution in [3.8, 4) is 0 Å². The second-order valence-corrected chi connectivity index (χ2v) is 6.21. The van der Waals surface area contributed by atoms with Gasteiger partial charge in [-0.1, -0.05) is 41.0 Å². The van der Waals surface area contributed by atoms with Gasteiger partial charge in [-0.05, 0) is 12.1 Å². The molecular weight excluding hydrogens is 303 g/mol. The molecule has 0 bridgehead atoms. The number of benzene rings is 1. The molecule has 104 valence electrons. The highest BCUT2D eigenvalue weighted by atomic mass is 35.5. The Morgan fingerprint density at radius 3 is 2.63 bits per heavy atom. The largest absolute Gasteiger partial charge is 0.371 e. The first kappa shape index (κ1) is 15.2. The van der Waals surface area contributed by atoms with Crippen molar-refractivity contribution in [1.82, 2.24) is 0 Å². The number of nitrogens with two attached hydrogens (primary N) is 1. The van der Waals surface area contributed by atoms with E-state index in [0.29, 0.717) is 27.9 Å². The van der Waals surface area contributed by atoms with Crippen molar-refractivity contribution in [2.24, 2.45) is 5.84 Å². The van der Waals surface area contributed by atoms with Crippen molar-refractivity contribution in [2.75, 3.05) is 19.0 Å². The quantitative estimate of drug-likeness (QED) is 0.510. The molecular formula is C13H17Cl2N2OS+. The van der Waals surface area contributed by atoms with Crippen molar-refractivity contribution >= 4 is 35.0 Å². The van der Waals surface area contributed by atoms with Gasteiger partial charge in [0.05, 0.1) is 13.2 Å². The fourth-order valence-electron chi connectivity index (χ4n) is 1.81. The SMILES string of the molecule is CC1=CSC[N+]1(N)CCOCc1c(Cl)cccc1Cl. The van der Waals surface area contributed by atoms with Crippen LogP contribution in [0.25, 0.3) is 0 Å². The van der Waals surface area contributed by atoms with E-state index in [2.05, 4.69) is 5.41 Å². The Kier molecular flexibility index (Phi) is 5.17. The highest BCUT2D eigenvalue weighted by molar-refractivity contribution is 8.02. The molecule has 3 nitrogen and oxygen atoms in total. The second-order valence-electron chi connectivity index (χ2n) is 4.57. The molecule has 0 fully saturated rings. The van der Waals surface area contributed by atoms with Gasteiger partial charge in [-0.2, -0.15) is 5.84 Å². The Hall–Kier alpha value is -0.230. The summed E-state index contributed by atoms with van der Waals surface area (Å²) in [5.41, 5.74) is 2.00. The molecule has 0 radical (unpaired) electrons. The van der Waals surface area contributed by atoms with Crippen LogP contribution in [0.1, 0.15) is 12.5 Å². The Labute approximate surface area is 127 Å². The average molecular weight is 320 g/mol. The van der Waals surface area contributed by atoms with Crippen LogP contribution >= 0.6 is 35.0 Å². The third-order valence-electron chi connectivity index (χ3n) is 3.20. The van der Waals surface area contributed by atoms with Gasteiger partial charge in [-0.15, -0.1) is 0 Å². The molecule has 0 saturated carbocycles. The lowest BCUT2D eigenvalue weighted by Crippen LogP contribution is -2.52. The molecule has 2 N–H and O–H groups in total. The van der Waals surface area contributed by atoms with E-state index in [1.54, 1.807) is 11.8 Å². The summed E-state index contributed by atoms with van der Waals surface area (Å²) in [4.78, 5) is 0. The van der Waals surface area contributed by atoms with Gasteiger partial charge in [0.2, 0.25) is 0 Å². The van der Waals surface area contributed by atoms with E-state index in [9.17, 15) is 0 Å². The topological polar surface area (TPSA) is 35.2 Å². The average Bonchev–Trinajstić information content (AvgIpc) is 2.68. The summed E-state index contributed by atoms with van der Waals surface area (Å²) < 4.78 is 6.10. The lowest BCUT2D eigenvalue weighted by Gasteiger charge is -2.27. The number of quaternary nitrogens is 1. The number of ether oxygens (including phenoxy) is 1. The minimum absolute atomic E-state index is 0.411. The first-order chi connectivity index (χ1) is 9.03. The standard InChI is InChI=1S/C13H17Cl2N2OS/c1-10-8-19-9-17(10,16)5-6-18-7-11-12(14)3-2-4-13(11)15/h2-4,8H,5-7,9,16H2,1H3/q+1. The molecule has 1 aliphatic rings. The molecule has 1 heterocycles. The predicted molar refractivity (Wildman–Crippen MR) is 81.6 cm³/mol. The second kappa shape index (κ2) is 6.48. The molecule has 0 aromatic heterocycles. The van der Waals surface area contributed by atoms with E-state index < -0.39 is 0 Å². The molecule has 0 amide bonds. The van der Waals surface area contributed by atoms with E-state index >= 15 is 0 Å². The van der Waals surface area contributed by atoms with Gasteiger partial charge in [-0.3, -0.25) is 0 Å². The van der Waals surface area contributed by atoms with Crippen LogP contribution in [-0.4, -0.2) is 23.6 Å². The maximum absolute atomic E-state index is 6.26.